The molecule has 2 saturated heterocycles. The van der Waals surface area contributed by atoms with E-state index < -0.39 is 0 Å². The van der Waals surface area contributed by atoms with Gasteiger partial charge in [0.05, 0.1) is 0 Å². The predicted octanol–water partition coefficient (Wildman–Crippen LogP) is 1.63. The van der Waals surface area contributed by atoms with Crippen LogP contribution in [-0.2, 0) is 0 Å². The van der Waals surface area contributed by atoms with Gasteiger partial charge in [-0.05, 0) is 52.1 Å². The lowest BCUT2D eigenvalue weighted by atomic mass is 9.87. The van der Waals surface area contributed by atoms with E-state index in [1.807, 2.05) is 0 Å². The summed E-state index contributed by atoms with van der Waals surface area (Å²) >= 11 is 2.10. The summed E-state index contributed by atoms with van der Waals surface area (Å²) < 4.78 is 0. The predicted molar refractivity (Wildman–Crippen MR) is 81.2 cm³/mol. The summed E-state index contributed by atoms with van der Waals surface area (Å²) in [6, 6.07) is 0.734. The molecule has 3 nitrogen and oxygen atoms in total. The van der Waals surface area contributed by atoms with Crippen LogP contribution in [0.3, 0.4) is 0 Å². The van der Waals surface area contributed by atoms with Crippen LogP contribution >= 0.6 is 11.8 Å². The van der Waals surface area contributed by atoms with E-state index in [9.17, 15) is 0 Å². The highest BCUT2D eigenvalue weighted by Crippen LogP contribution is 2.37. The minimum absolute atomic E-state index is 0.229. The molecule has 0 aliphatic carbocycles. The van der Waals surface area contributed by atoms with E-state index in [1.54, 1.807) is 0 Å². The Morgan fingerprint density at radius 1 is 1.44 bits per heavy atom. The highest BCUT2D eigenvalue weighted by Gasteiger charge is 2.42. The SMILES string of the molecule is CC1SCCCC1(CN)N(C)CC1CCCN1C. The van der Waals surface area contributed by atoms with Gasteiger partial charge in [0.15, 0.2) is 0 Å². The molecule has 2 fully saturated rings. The van der Waals surface area contributed by atoms with E-state index in [-0.39, 0.29) is 5.54 Å². The topological polar surface area (TPSA) is 32.5 Å². The third-order valence-corrected chi connectivity index (χ3v) is 6.61. The van der Waals surface area contributed by atoms with Crippen molar-refractivity contribution in [2.24, 2.45) is 5.73 Å². The summed E-state index contributed by atoms with van der Waals surface area (Å²) in [6.45, 7) is 5.61. The lowest BCUT2D eigenvalue weighted by molar-refractivity contribution is 0.0848. The molecule has 3 unspecified atom stereocenters. The molecule has 0 aromatic carbocycles. The molecule has 2 rings (SSSR count). The number of rotatable bonds is 4. The molecule has 2 N–H and O–H groups in total. The Kier molecular flexibility index (Phi) is 4.98. The molecular weight excluding hydrogens is 242 g/mol. The average Bonchev–Trinajstić information content (AvgIpc) is 2.76. The number of thioether (sulfide) groups is 1. The molecule has 0 aromatic rings. The van der Waals surface area contributed by atoms with Crippen LogP contribution in [-0.4, -0.2) is 66.1 Å². The van der Waals surface area contributed by atoms with Gasteiger partial charge in [0.1, 0.15) is 0 Å². The first-order chi connectivity index (χ1) is 8.60. The summed E-state index contributed by atoms with van der Waals surface area (Å²) in [6.07, 6.45) is 5.29. The van der Waals surface area contributed by atoms with Crippen LogP contribution in [0.1, 0.15) is 32.6 Å². The van der Waals surface area contributed by atoms with Crippen LogP contribution in [0, 0.1) is 0 Å². The Hall–Kier alpha value is 0.230. The third-order valence-electron chi connectivity index (χ3n) is 5.15. The van der Waals surface area contributed by atoms with Crippen LogP contribution < -0.4 is 5.73 Å². The van der Waals surface area contributed by atoms with Crippen molar-refractivity contribution in [2.75, 3.05) is 39.5 Å². The Bertz CT molecular complexity index is 274. The highest BCUT2D eigenvalue weighted by atomic mass is 32.2. The quantitative estimate of drug-likeness (QED) is 0.842. The second-order valence-electron chi connectivity index (χ2n) is 6.08. The number of likely N-dealkylation sites (N-methyl/N-ethyl adjacent to an activating group) is 2. The second kappa shape index (κ2) is 6.12. The lowest BCUT2D eigenvalue weighted by Crippen LogP contribution is -2.61. The van der Waals surface area contributed by atoms with Crippen molar-refractivity contribution in [2.45, 2.75) is 49.4 Å². The number of likely N-dealkylation sites (tertiary alicyclic amines) is 1. The van der Waals surface area contributed by atoms with Gasteiger partial charge in [0.2, 0.25) is 0 Å². The molecule has 2 aliphatic heterocycles. The minimum Gasteiger partial charge on any atom is -0.329 e. The molecule has 3 atom stereocenters. The van der Waals surface area contributed by atoms with Crippen molar-refractivity contribution < 1.29 is 0 Å². The zero-order chi connectivity index (χ0) is 13.2. The van der Waals surface area contributed by atoms with Gasteiger partial charge in [-0.2, -0.15) is 11.8 Å². The van der Waals surface area contributed by atoms with E-state index in [1.165, 1.54) is 44.5 Å². The van der Waals surface area contributed by atoms with E-state index in [2.05, 4.69) is 42.6 Å². The summed E-state index contributed by atoms with van der Waals surface area (Å²) in [4.78, 5) is 5.09. The Morgan fingerprint density at radius 2 is 2.22 bits per heavy atom. The van der Waals surface area contributed by atoms with E-state index >= 15 is 0 Å². The fraction of sp³-hybridized carbons (Fsp3) is 1.00. The Morgan fingerprint density at radius 3 is 2.78 bits per heavy atom. The normalized spacial score (nSPS) is 38.5. The van der Waals surface area contributed by atoms with Crippen molar-refractivity contribution in [3.8, 4) is 0 Å². The largest absolute Gasteiger partial charge is 0.329 e. The molecule has 4 heteroatoms. The number of hydrogen-bond donors (Lipinski definition) is 1. The monoisotopic (exact) mass is 271 g/mol. The number of nitrogens with two attached hydrogens (primary N) is 1. The first-order valence-electron chi connectivity index (χ1n) is 7.33. The molecule has 0 radical (unpaired) electrons. The van der Waals surface area contributed by atoms with Gasteiger partial charge in [-0.3, -0.25) is 4.90 Å². The van der Waals surface area contributed by atoms with Gasteiger partial charge in [-0.15, -0.1) is 0 Å². The maximum Gasteiger partial charge on any atom is 0.0445 e. The number of nitrogens with zero attached hydrogens (tertiary/aromatic N) is 2. The van der Waals surface area contributed by atoms with Crippen molar-refractivity contribution in [1.82, 2.24) is 9.80 Å². The van der Waals surface area contributed by atoms with Crippen LogP contribution in [0.25, 0.3) is 0 Å². The summed E-state index contributed by atoms with van der Waals surface area (Å²) in [5, 5.41) is 0.660. The highest BCUT2D eigenvalue weighted by molar-refractivity contribution is 8.00. The van der Waals surface area contributed by atoms with E-state index in [0.717, 1.165) is 12.6 Å². The zero-order valence-corrected chi connectivity index (χ0v) is 13.0. The van der Waals surface area contributed by atoms with Crippen molar-refractivity contribution >= 4 is 11.8 Å². The molecule has 0 saturated carbocycles. The maximum absolute atomic E-state index is 6.17. The van der Waals surface area contributed by atoms with Crippen LogP contribution in [0.5, 0.6) is 0 Å². The van der Waals surface area contributed by atoms with Gasteiger partial charge in [0, 0.05) is 29.9 Å². The van der Waals surface area contributed by atoms with Gasteiger partial charge in [0.25, 0.3) is 0 Å². The van der Waals surface area contributed by atoms with E-state index in [0.29, 0.717) is 5.25 Å². The molecule has 0 aromatic heterocycles. The summed E-state index contributed by atoms with van der Waals surface area (Å²) in [7, 11) is 4.56. The first-order valence-corrected chi connectivity index (χ1v) is 8.38. The molecule has 0 amide bonds. The van der Waals surface area contributed by atoms with E-state index in [4.69, 9.17) is 5.73 Å². The third kappa shape index (κ3) is 2.72. The minimum atomic E-state index is 0.229. The molecule has 2 aliphatic rings. The van der Waals surface area contributed by atoms with Crippen LogP contribution in [0.4, 0.5) is 0 Å². The van der Waals surface area contributed by atoms with Crippen LogP contribution in [0.15, 0.2) is 0 Å². The number of hydrogen-bond acceptors (Lipinski definition) is 4. The smallest absolute Gasteiger partial charge is 0.0445 e. The zero-order valence-electron chi connectivity index (χ0n) is 12.2. The Labute approximate surface area is 116 Å². The maximum atomic E-state index is 6.17. The lowest BCUT2D eigenvalue weighted by Gasteiger charge is -2.49. The average molecular weight is 271 g/mol. The van der Waals surface area contributed by atoms with Crippen molar-refractivity contribution in [1.29, 1.82) is 0 Å². The van der Waals surface area contributed by atoms with Crippen molar-refractivity contribution in [3.63, 3.8) is 0 Å². The van der Waals surface area contributed by atoms with Gasteiger partial charge in [-0.25, -0.2) is 0 Å². The standard InChI is InChI=1S/C14H29N3S/c1-12-14(11-15,7-5-9-18-12)17(3)10-13-6-4-8-16(13)2/h12-13H,4-11,15H2,1-3H3. The summed E-state index contributed by atoms with van der Waals surface area (Å²) in [5.74, 6) is 1.31. The molecule has 18 heavy (non-hydrogen) atoms. The molecule has 0 bridgehead atoms. The van der Waals surface area contributed by atoms with Gasteiger partial charge in [-0.1, -0.05) is 6.92 Å². The summed E-state index contributed by atoms with van der Waals surface area (Å²) in [5.41, 5.74) is 6.40. The molecule has 106 valence electrons. The van der Waals surface area contributed by atoms with Crippen LogP contribution in [0.2, 0.25) is 0 Å². The second-order valence-corrected chi connectivity index (χ2v) is 7.53. The fourth-order valence-electron chi connectivity index (χ4n) is 3.63. The molecule has 0 spiro atoms. The molecular formula is C14H29N3S. The van der Waals surface area contributed by atoms with Gasteiger partial charge < -0.3 is 10.6 Å². The Balaban J connectivity index is 2.02. The van der Waals surface area contributed by atoms with Crippen molar-refractivity contribution in [3.05, 3.63) is 0 Å². The van der Waals surface area contributed by atoms with Gasteiger partial charge >= 0.3 is 0 Å². The fourth-order valence-corrected chi connectivity index (χ4v) is 5.00. The first kappa shape index (κ1) is 14.6. The molecule has 2 heterocycles.